The van der Waals surface area contributed by atoms with Crippen molar-refractivity contribution in [2.75, 3.05) is 6.54 Å². The monoisotopic (exact) mass is 300 g/mol. The minimum Gasteiger partial charge on any atom is -0.332 e. The van der Waals surface area contributed by atoms with Crippen molar-refractivity contribution in [2.45, 2.75) is 50.2 Å². The zero-order valence-corrected chi connectivity index (χ0v) is 12.8. The minimum absolute atomic E-state index is 0.0368. The van der Waals surface area contributed by atoms with E-state index in [1.54, 1.807) is 6.33 Å². The summed E-state index contributed by atoms with van der Waals surface area (Å²) in [6.45, 7) is 0.780. The number of rotatable bonds is 6. The number of carbonyl (C=O) groups is 1. The molecule has 0 aromatic carbocycles. The van der Waals surface area contributed by atoms with Gasteiger partial charge in [-0.2, -0.15) is 10.2 Å². The van der Waals surface area contributed by atoms with Crippen LogP contribution < -0.4 is 0 Å². The Hall–Kier alpha value is -2.23. The predicted octanol–water partition coefficient (Wildman–Crippen LogP) is 1.83. The highest BCUT2D eigenvalue weighted by Gasteiger charge is 2.41. The molecule has 1 amide bonds. The molecule has 1 fully saturated rings. The molecule has 0 radical (unpaired) electrons. The zero-order valence-electron chi connectivity index (χ0n) is 12.8. The van der Waals surface area contributed by atoms with Crippen LogP contribution in [0.1, 0.15) is 50.4 Å². The summed E-state index contributed by atoms with van der Waals surface area (Å²) >= 11 is 0. The fourth-order valence-electron chi connectivity index (χ4n) is 3.05. The average molecular weight is 300 g/mol. The minimum atomic E-state index is -0.387. The Bertz CT molecular complexity index is 622. The molecule has 3 heterocycles. The van der Waals surface area contributed by atoms with Crippen LogP contribution in [0.3, 0.4) is 0 Å². The maximum absolute atomic E-state index is 12.6. The number of hydrogen-bond acceptors (Lipinski definition) is 5. The van der Waals surface area contributed by atoms with Gasteiger partial charge >= 0.3 is 0 Å². The van der Waals surface area contributed by atoms with Crippen LogP contribution in [0.2, 0.25) is 0 Å². The molecule has 0 aliphatic carbocycles. The molecule has 2 aliphatic rings. The maximum atomic E-state index is 12.6. The number of nitrogens with zero attached hydrogens (tertiary/aromatic N) is 6. The molecule has 0 spiro atoms. The van der Waals surface area contributed by atoms with Gasteiger partial charge in [0.15, 0.2) is 11.5 Å². The van der Waals surface area contributed by atoms with Gasteiger partial charge in [-0.1, -0.05) is 0 Å². The number of aryl methyl sites for hydroxylation is 1. The molecule has 2 aliphatic heterocycles. The highest BCUT2D eigenvalue weighted by Crippen LogP contribution is 2.38. The molecular formula is C15H20N6O. The highest BCUT2D eigenvalue weighted by molar-refractivity contribution is 5.77. The van der Waals surface area contributed by atoms with E-state index < -0.39 is 0 Å². The normalized spacial score (nSPS) is 21.8. The topological polar surface area (TPSA) is 75.7 Å². The Morgan fingerprint density at radius 2 is 2.32 bits per heavy atom. The van der Waals surface area contributed by atoms with Gasteiger partial charge in [-0.15, -0.1) is 22.5 Å². The first-order valence-corrected chi connectivity index (χ1v) is 7.66. The van der Waals surface area contributed by atoms with Crippen LogP contribution in [0.4, 0.5) is 0 Å². The molecule has 0 bridgehead atoms. The van der Waals surface area contributed by atoms with E-state index in [0.29, 0.717) is 19.3 Å². The van der Waals surface area contributed by atoms with Gasteiger partial charge in [0, 0.05) is 39.3 Å². The van der Waals surface area contributed by atoms with Crippen LogP contribution in [0.25, 0.3) is 0 Å². The molecule has 1 atom stereocenters. The predicted molar refractivity (Wildman–Crippen MR) is 79.6 cm³/mol. The van der Waals surface area contributed by atoms with E-state index in [2.05, 4.69) is 26.3 Å². The van der Waals surface area contributed by atoms with Crippen molar-refractivity contribution >= 4 is 5.91 Å². The summed E-state index contributed by atoms with van der Waals surface area (Å²) in [5.74, 6) is 3.60. The van der Waals surface area contributed by atoms with Crippen LogP contribution in [0, 0.1) is 12.3 Å². The number of hydrogen-bond donors (Lipinski definition) is 0. The second-order valence-corrected chi connectivity index (χ2v) is 5.93. The van der Waals surface area contributed by atoms with Gasteiger partial charge in [0.05, 0.1) is 6.04 Å². The molecule has 7 nitrogen and oxygen atoms in total. The summed E-state index contributed by atoms with van der Waals surface area (Å²) in [6.07, 6.45) is 11.4. The lowest BCUT2D eigenvalue weighted by Gasteiger charge is -2.24. The molecule has 1 aromatic heterocycles. The largest absolute Gasteiger partial charge is 0.332 e. The van der Waals surface area contributed by atoms with Crippen LogP contribution in [0.15, 0.2) is 16.6 Å². The molecule has 0 saturated carbocycles. The van der Waals surface area contributed by atoms with Crippen LogP contribution in [-0.4, -0.2) is 37.8 Å². The standard InChI is InChI=1S/C15H20N6O/c1-3-4-8-15(18-19-15)9-7-13(22)21-10-5-6-12(21)14-17-16-11-20(14)2/h1,11-12H,4-10H2,2H3. The summed E-state index contributed by atoms with van der Waals surface area (Å²) in [6, 6.07) is 0.0368. The van der Waals surface area contributed by atoms with E-state index in [1.807, 2.05) is 16.5 Å². The van der Waals surface area contributed by atoms with E-state index in [4.69, 9.17) is 6.42 Å². The number of amides is 1. The molecular weight excluding hydrogens is 280 g/mol. The quantitative estimate of drug-likeness (QED) is 0.752. The third-order valence-electron chi connectivity index (χ3n) is 4.41. The van der Waals surface area contributed by atoms with Crippen molar-refractivity contribution in [2.24, 2.45) is 17.3 Å². The molecule has 116 valence electrons. The smallest absolute Gasteiger partial charge is 0.223 e. The van der Waals surface area contributed by atoms with Crippen LogP contribution in [0.5, 0.6) is 0 Å². The van der Waals surface area contributed by atoms with Crippen molar-refractivity contribution in [1.82, 2.24) is 19.7 Å². The number of likely N-dealkylation sites (tertiary alicyclic amines) is 1. The van der Waals surface area contributed by atoms with Gasteiger partial charge in [0.25, 0.3) is 0 Å². The second-order valence-electron chi connectivity index (χ2n) is 5.93. The van der Waals surface area contributed by atoms with E-state index in [1.165, 1.54) is 0 Å². The first-order chi connectivity index (χ1) is 10.7. The third kappa shape index (κ3) is 2.86. The lowest BCUT2D eigenvalue weighted by molar-refractivity contribution is -0.132. The molecule has 1 unspecified atom stereocenters. The summed E-state index contributed by atoms with van der Waals surface area (Å²) < 4.78 is 1.89. The Balaban J connectivity index is 1.58. The Morgan fingerprint density at radius 1 is 1.50 bits per heavy atom. The Kier molecular flexibility index (Phi) is 3.92. The van der Waals surface area contributed by atoms with E-state index in [9.17, 15) is 4.79 Å². The summed E-state index contributed by atoms with van der Waals surface area (Å²) in [7, 11) is 1.91. The van der Waals surface area contributed by atoms with Gasteiger partial charge in [-0.3, -0.25) is 4.79 Å². The maximum Gasteiger partial charge on any atom is 0.223 e. The van der Waals surface area contributed by atoms with Gasteiger partial charge in [-0.25, -0.2) is 0 Å². The lowest BCUT2D eigenvalue weighted by Crippen LogP contribution is -2.32. The van der Waals surface area contributed by atoms with E-state index in [-0.39, 0.29) is 17.6 Å². The molecule has 3 rings (SSSR count). The molecule has 7 heteroatoms. The highest BCUT2D eigenvalue weighted by atomic mass is 16.2. The summed E-state index contributed by atoms with van der Waals surface area (Å²) in [4.78, 5) is 14.5. The SMILES string of the molecule is C#CCCC1(CCC(=O)N2CCCC2c2nncn2C)N=N1. The van der Waals surface area contributed by atoms with Gasteiger partial charge in [-0.05, 0) is 12.8 Å². The van der Waals surface area contributed by atoms with E-state index >= 15 is 0 Å². The third-order valence-corrected chi connectivity index (χ3v) is 4.41. The molecule has 22 heavy (non-hydrogen) atoms. The lowest BCUT2D eigenvalue weighted by atomic mass is 10.0. The zero-order chi connectivity index (χ0) is 15.6. The fourth-order valence-corrected chi connectivity index (χ4v) is 3.05. The molecule has 0 N–H and O–H groups in total. The summed E-state index contributed by atoms with van der Waals surface area (Å²) in [5.41, 5.74) is -0.387. The first-order valence-electron chi connectivity index (χ1n) is 7.66. The molecule has 1 saturated heterocycles. The van der Waals surface area contributed by atoms with Crippen molar-refractivity contribution < 1.29 is 4.79 Å². The first kappa shape index (κ1) is 14.7. The second kappa shape index (κ2) is 5.87. The molecule has 1 aromatic rings. The van der Waals surface area contributed by atoms with Crippen molar-refractivity contribution in [3.8, 4) is 12.3 Å². The van der Waals surface area contributed by atoms with Crippen LogP contribution >= 0.6 is 0 Å². The van der Waals surface area contributed by atoms with E-state index in [0.717, 1.165) is 31.6 Å². The van der Waals surface area contributed by atoms with Crippen molar-refractivity contribution in [3.05, 3.63) is 12.2 Å². The van der Waals surface area contributed by atoms with Gasteiger partial charge < -0.3 is 9.47 Å². The van der Waals surface area contributed by atoms with Gasteiger partial charge in [0.2, 0.25) is 5.91 Å². The number of aromatic nitrogens is 3. The Morgan fingerprint density at radius 3 is 2.95 bits per heavy atom. The van der Waals surface area contributed by atoms with Crippen molar-refractivity contribution in [1.29, 1.82) is 0 Å². The van der Waals surface area contributed by atoms with Crippen molar-refractivity contribution in [3.63, 3.8) is 0 Å². The van der Waals surface area contributed by atoms with Crippen LogP contribution in [-0.2, 0) is 11.8 Å². The van der Waals surface area contributed by atoms with Gasteiger partial charge in [0.1, 0.15) is 6.33 Å². The number of terminal acetylenes is 1. The fraction of sp³-hybridized carbons (Fsp3) is 0.667. The summed E-state index contributed by atoms with van der Waals surface area (Å²) in [5, 5.41) is 16.2. The number of carbonyl (C=O) groups excluding carboxylic acids is 1. The Labute approximate surface area is 129 Å². The average Bonchev–Trinajstić information content (AvgIpc) is 2.91.